The lowest BCUT2D eigenvalue weighted by atomic mass is 9.46. The minimum Gasteiger partial charge on any atom is -0.504 e. The molecule has 0 aliphatic heterocycles. The van der Waals surface area contributed by atoms with Gasteiger partial charge < -0.3 is 10.2 Å². The standard InChI is InChI=1S/C27H31NO5S/c1-3-27-14-11-16-15-17(29)7-8-18(16)20(27)12-13-26(2)21(9-10-23(26)27)24-19(25(30)31)5-4-6-22(24)34(28,32)33/h3-6,8,20-21,23,29H,1,9-15H2,2H3,(H,30,31)(H2,28,32,33)/t20?,21-,23?,26-,27?/m1/s1. The average molecular weight is 482 g/mol. The van der Waals surface area contributed by atoms with E-state index in [4.69, 9.17) is 5.14 Å². The van der Waals surface area contributed by atoms with E-state index in [9.17, 15) is 23.4 Å². The molecular weight excluding hydrogens is 450 g/mol. The van der Waals surface area contributed by atoms with Crippen LogP contribution in [0.15, 0.2) is 64.5 Å². The van der Waals surface area contributed by atoms with Crippen molar-refractivity contribution in [1.29, 1.82) is 0 Å². The molecule has 6 nitrogen and oxygen atoms in total. The van der Waals surface area contributed by atoms with Crippen LogP contribution in [0.5, 0.6) is 0 Å². The average Bonchev–Trinajstić information content (AvgIpc) is 3.14. The summed E-state index contributed by atoms with van der Waals surface area (Å²) in [7, 11) is -4.09. The molecule has 2 saturated carbocycles. The molecule has 4 aliphatic rings. The summed E-state index contributed by atoms with van der Waals surface area (Å²) in [4.78, 5) is 12.1. The first-order valence-corrected chi connectivity index (χ1v) is 13.5. The molecule has 4 N–H and O–H groups in total. The van der Waals surface area contributed by atoms with Crippen molar-refractivity contribution < 1.29 is 23.4 Å². The summed E-state index contributed by atoms with van der Waals surface area (Å²) in [6, 6.07) is 4.38. The molecule has 5 atom stereocenters. The van der Waals surface area contributed by atoms with Crippen molar-refractivity contribution in [2.24, 2.45) is 27.8 Å². The molecule has 4 aliphatic carbocycles. The summed E-state index contributed by atoms with van der Waals surface area (Å²) in [6.07, 6.45) is 9.75. The van der Waals surface area contributed by atoms with Gasteiger partial charge in [0.25, 0.3) is 0 Å². The Bertz CT molecular complexity index is 1300. The van der Waals surface area contributed by atoms with Crippen molar-refractivity contribution >= 4 is 16.0 Å². The highest BCUT2D eigenvalue weighted by atomic mass is 32.2. The summed E-state index contributed by atoms with van der Waals surface area (Å²) < 4.78 is 25.0. The number of rotatable bonds is 4. The van der Waals surface area contributed by atoms with Crippen LogP contribution in [0.4, 0.5) is 0 Å². The fourth-order valence-corrected chi connectivity index (χ4v) is 8.82. The predicted molar refractivity (Wildman–Crippen MR) is 129 cm³/mol. The van der Waals surface area contributed by atoms with Gasteiger partial charge in [0.1, 0.15) is 5.76 Å². The van der Waals surface area contributed by atoms with E-state index in [0.29, 0.717) is 18.4 Å². The van der Waals surface area contributed by atoms with Gasteiger partial charge in [-0.3, -0.25) is 0 Å². The van der Waals surface area contributed by atoms with E-state index in [1.54, 1.807) is 0 Å². The van der Waals surface area contributed by atoms with E-state index >= 15 is 0 Å². The number of hydrogen-bond donors (Lipinski definition) is 3. The number of nitrogens with two attached hydrogens (primary N) is 1. The van der Waals surface area contributed by atoms with Gasteiger partial charge in [-0.1, -0.05) is 30.4 Å². The number of hydrogen-bond acceptors (Lipinski definition) is 4. The van der Waals surface area contributed by atoms with E-state index < -0.39 is 16.0 Å². The number of aliphatic hydroxyl groups is 1. The summed E-state index contributed by atoms with van der Waals surface area (Å²) in [5.74, 6) is -0.563. The van der Waals surface area contributed by atoms with Gasteiger partial charge >= 0.3 is 5.97 Å². The summed E-state index contributed by atoms with van der Waals surface area (Å²) >= 11 is 0. The molecule has 3 unspecified atom stereocenters. The number of aromatic carboxylic acids is 1. The van der Waals surface area contributed by atoms with Crippen LogP contribution in [0.1, 0.15) is 73.7 Å². The third-order valence-corrected chi connectivity index (χ3v) is 10.3. The Balaban J connectivity index is 1.64. The third kappa shape index (κ3) is 3.18. The first kappa shape index (κ1) is 23.2. The highest BCUT2D eigenvalue weighted by Crippen LogP contribution is 2.70. The molecule has 34 heavy (non-hydrogen) atoms. The number of carboxylic acid groups (broad SMARTS) is 1. The number of aliphatic hydroxyl groups excluding tert-OH is 1. The predicted octanol–water partition coefficient (Wildman–Crippen LogP) is 5.21. The quantitative estimate of drug-likeness (QED) is 0.403. The van der Waals surface area contributed by atoms with E-state index in [1.807, 2.05) is 6.08 Å². The van der Waals surface area contributed by atoms with Gasteiger partial charge in [0.15, 0.2) is 0 Å². The van der Waals surface area contributed by atoms with Gasteiger partial charge in [-0.2, -0.15) is 0 Å². The zero-order chi connectivity index (χ0) is 24.5. The summed E-state index contributed by atoms with van der Waals surface area (Å²) in [5.41, 5.74) is 5.50. The molecule has 1 aromatic rings. The Hall–Kier alpha value is -2.60. The van der Waals surface area contributed by atoms with Crippen LogP contribution in [0.3, 0.4) is 0 Å². The van der Waals surface area contributed by atoms with Gasteiger partial charge in [-0.25, -0.2) is 18.4 Å². The van der Waals surface area contributed by atoms with Crippen molar-refractivity contribution in [3.63, 3.8) is 0 Å². The number of primary sulfonamides is 1. The molecular formula is C27H31NO5S. The third-order valence-electron chi connectivity index (χ3n) is 9.36. The fourth-order valence-electron chi connectivity index (χ4n) is 7.99. The molecule has 0 amide bonds. The first-order chi connectivity index (χ1) is 16.0. The monoisotopic (exact) mass is 481 g/mol. The Morgan fingerprint density at radius 3 is 2.68 bits per heavy atom. The Morgan fingerprint density at radius 2 is 2.00 bits per heavy atom. The fraction of sp³-hybridized carbons (Fsp3) is 0.481. The van der Waals surface area contributed by atoms with Gasteiger partial charge in [0.05, 0.1) is 10.5 Å². The van der Waals surface area contributed by atoms with Crippen molar-refractivity contribution in [1.82, 2.24) is 0 Å². The maximum absolute atomic E-state index is 12.5. The van der Waals surface area contributed by atoms with E-state index in [1.165, 1.54) is 29.3 Å². The Labute approximate surface area is 200 Å². The molecule has 0 saturated heterocycles. The number of carboxylic acids is 1. The van der Waals surface area contributed by atoms with Crippen molar-refractivity contribution in [2.45, 2.75) is 62.7 Å². The zero-order valence-corrected chi connectivity index (χ0v) is 20.2. The van der Waals surface area contributed by atoms with Gasteiger partial charge in [0, 0.05) is 6.42 Å². The van der Waals surface area contributed by atoms with Gasteiger partial charge in [0.2, 0.25) is 10.0 Å². The largest absolute Gasteiger partial charge is 0.504 e. The molecule has 0 spiro atoms. The summed E-state index contributed by atoms with van der Waals surface area (Å²) in [5, 5.41) is 25.5. The molecule has 0 radical (unpaired) electrons. The normalized spacial score (nSPS) is 34.6. The number of benzene rings is 1. The van der Waals surface area contributed by atoms with Crippen LogP contribution < -0.4 is 5.14 Å². The summed E-state index contributed by atoms with van der Waals surface area (Å²) in [6.45, 7) is 6.49. The van der Waals surface area contributed by atoms with E-state index in [0.717, 1.165) is 32.1 Å². The zero-order valence-electron chi connectivity index (χ0n) is 19.4. The van der Waals surface area contributed by atoms with Crippen LogP contribution >= 0.6 is 0 Å². The second-order valence-corrected chi connectivity index (χ2v) is 12.2. The van der Waals surface area contributed by atoms with Crippen molar-refractivity contribution in [3.05, 3.63) is 70.7 Å². The van der Waals surface area contributed by atoms with Crippen LogP contribution in [0.25, 0.3) is 0 Å². The number of sulfonamides is 1. The van der Waals surface area contributed by atoms with E-state index in [2.05, 4.69) is 25.3 Å². The second-order valence-electron chi connectivity index (χ2n) is 10.6. The molecule has 5 rings (SSSR count). The minimum atomic E-state index is -4.09. The molecule has 0 heterocycles. The van der Waals surface area contributed by atoms with Crippen LogP contribution in [-0.4, -0.2) is 24.6 Å². The van der Waals surface area contributed by atoms with Gasteiger partial charge in [-0.15, -0.1) is 6.58 Å². The lowest BCUT2D eigenvalue weighted by molar-refractivity contribution is -0.0194. The van der Waals surface area contributed by atoms with Crippen LogP contribution in [-0.2, 0) is 10.0 Å². The molecule has 180 valence electrons. The SMILES string of the molecule is C=CC12CCC3=C(C=C=C(O)C3)C1CC[C@@]1(C)C2CC[C@@H]1c1c(C(=O)O)cccc1S(N)(=O)=O. The smallest absolute Gasteiger partial charge is 0.336 e. The maximum Gasteiger partial charge on any atom is 0.336 e. The first-order valence-electron chi connectivity index (χ1n) is 11.9. The van der Waals surface area contributed by atoms with Gasteiger partial charge in [-0.05, 0) is 96.5 Å². The highest BCUT2D eigenvalue weighted by Gasteiger charge is 2.62. The minimum absolute atomic E-state index is 0.0256. The molecule has 0 bridgehead atoms. The Morgan fingerprint density at radius 1 is 1.24 bits per heavy atom. The van der Waals surface area contributed by atoms with Crippen LogP contribution in [0.2, 0.25) is 0 Å². The topological polar surface area (TPSA) is 118 Å². The lowest BCUT2D eigenvalue weighted by Crippen LogP contribution is -2.50. The molecule has 0 aromatic heterocycles. The van der Waals surface area contributed by atoms with E-state index in [-0.39, 0.29) is 44.8 Å². The highest BCUT2D eigenvalue weighted by molar-refractivity contribution is 7.89. The number of carbonyl (C=O) groups is 1. The van der Waals surface area contributed by atoms with Crippen molar-refractivity contribution in [3.8, 4) is 0 Å². The Kier molecular flexibility index (Phi) is 5.25. The lowest BCUT2D eigenvalue weighted by Gasteiger charge is -2.58. The van der Waals surface area contributed by atoms with Crippen molar-refractivity contribution in [2.75, 3.05) is 0 Å². The molecule has 2 fully saturated rings. The number of allylic oxidation sites excluding steroid dienone is 3. The molecule has 1 aromatic carbocycles. The maximum atomic E-state index is 12.5. The van der Waals surface area contributed by atoms with Crippen LogP contribution in [0, 0.1) is 22.7 Å². The number of fused-ring (bicyclic) bond motifs is 4. The molecule has 7 heteroatoms. The second kappa shape index (κ2) is 7.70.